The first-order valence-corrected chi connectivity index (χ1v) is 6.15. The van der Waals surface area contributed by atoms with E-state index in [1.165, 1.54) is 0 Å². The second-order valence-electron chi connectivity index (χ2n) is 3.83. The molecular formula is C12H17BrFNO. The summed E-state index contributed by atoms with van der Waals surface area (Å²) in [4.78, 5) is 0. The summed E-state index contributed by atoms with van der Waals surface area (Å²) in [6, 6.07) is 5.86. The summed E-state index contributed by atoms with van der Waals surface area (Å²) in [5.41, 5.74) is 6.87. The average molecular weight is 290 g/mol. The van der Waals surface area contributed by atoms with Crippen LogP contribution in [0.1, 0.15) is 18.9 Å². The highest BCUT2D eigenvalue weighted by Gasteiger charge is 2.05. The van der Waals surface area contributed by atoms with Gasteiger partial charge in [0.1, 0.15) is 5.75 Å². The maximum absolute atomic E-state index is 11.9. The van der Waals surface area contributed by atoms with Gasteiger partial charge in [0.2, 0.25) is 0 Å². The molecule has 2 N–H and O–H groups in total. The van der Waals surface area contributed by atoms with Gasteiger partial charge in [-0.15, -0.1) is 0 Å². The van der Waals surface area contributed by atoms with Gasteiger partial charge in [0.05, 0.1) is 13.3 Å². The van der Waals surface area contributed by atoms with E-state index in [-0.39, 0.29) is 12.7 Å². The number of hydrogen-bond acceptors (Lipinski definition) is 2. The molecule has 0 aliphatic heterocycles. The van der Waals surface area contributed by atoms with E-state index in [2.05, 4.69) is 15.9 Å². The second kappa shape index (κ2) is 6.86. The topological polar surface area (TPSA) is 35.2 Å². The molecule has 16 heavy (non-hydrogen) atoms. The van der Waals surface area contributed by atoms with Crippen LogP contribution in [0, 0.1) is 0 Å². The Hall–Kier alpha value is -0.610. The van der Waals surface area contributed by atoms with Crippen molar-refractivity contribution in [1.82, 2.24) is 0 Å². The fraction of sp³-hybridized carbons (Fsp3) is 0.500. The predicted molar refractivity (Wildman–Crippen MR) is 67.6 cm³/mol. The normalized spacial score (nSPS) is 12.5. The molecule has 0 heterocycles. The van der Waals surface area contributed by atoms with Crippen LogP contribution in [0.15, 0.2) is 22.7 Å². The molecule has 0 bridgehead atoms. The van der Waals surface area contributed by atoms with Gasteiger partial charge in [-0.1, -0.05) is 15.9 Å². The van der Waals surface area contributed by atoms with E-state index < -0.39 is 0 Å². The number of nitrogens with two attached hydrogens (primary N) is 1. The highest BCUT2D eigenvalue weighted by Crippen LogP contribution is 2.23. The lowest BCUT2D eigenvalue weighted by atomic mass is 10.1. The number of ether oxygens (including phenoxy) is 1. The molecular weight excluding hydrogens is 273 g/mol. The number of alkyl halides is 1. The van der Waals surface area contributed by atoms with Gasteiger partial charge in [-0.3, -0.25) is 4.39 Å². The molecule has 0 spiro atoms. The third-order valence-electron chi connectivity index (χ3n) is 2.11. The largest absolute Gasteiger partial charge is 0.493 e. The van der Waals surface area contributed by atoms with Crippen LogP contribution in [-0.2, 0) is 6.42 Å². The molecule has 1 aromatic carbocycles. The lowest BCUT2D eigenvalue weighted by Crippen LogP contribution is -2.18. The molecule has 0 fully saturated rings. The maximum atomic E-state index is 11.9. The molecule has 0 radical (unpaired) electrons. The summed E-state index contributed by atoms with van der Waals surface area (Å²) in [5.74, 6) is 0.771. The molecule has 1 rings (SSSR count). The minimum atomic E-state index is -0.344. The smallest absolute Gasteiger partial charge is 0.119 e. The van der Waals surface area contributed by atoms with Crippen LogP contribution in [0.2, 0.25) is 0 Å². The van der Waals surface area contributed by atoms with Gasteiger partial charge in [-0.25, -0.2) is 0 Å². The van der Waals surface area contributed by atoms with Gasteiger partial charge < -0.3 is 10.5 Å². The third-order valence-corrected chi connectivity index (χ3v) is 2.88. The Kier molecular flexibility index (Phi) is 5.77. The Bertz CT molecular complexity index is 331. The quantitative estimate of drug-likeness (QED) is 0.817. The van der Waals surface area contributed by atoms with Gasteiger partial charge >= 0.3 is 0 Å². The predicted octanol–water partition coefficient (Wildman–Crippen LogP) is 3.08. The summed E-state index contributed by atoms with van der Waals surface area (Å²) < 4.78 is 18.4. The molecule has 1 atom stereocenters. The fourth-order valence-corrected chi connectivity index (χ4v) is 1.80. The van der Waals surface area contributed by atoms with E-state index in [9.17, 15) is 4.39 Å². The highest BCUT2D eigenvalue weighted by molar-refractivity contribution is 9.10. The fourth-order valence-electron chi connectivity index (χ4n) is 1.39. The van der Waals surface area contributed by atoms with Crippen LogP contribution >= 0.6 is 15.9 Å². The number of rotatable bonds is 6. The zero-order valence-electron chi connectivity index (χ0n) is 9.38. The van der Waals surface area contributed by atoms with Crippen molar-refractivity contribution in [3.63, 3.8) is 0 Å². The van der Waals surface area contributed by atoms with Crippen molar-refractivity contribution in [3.05, 3.63) is 28.2 Å². The SMILES string of the molecule is CC(N)Cc1cc(OCCCF)ccc1Br. The minimum Gasteiger partial charge on any atom is -0.493 e. The van der Waals surface area contributed by atoms with Crippen molar-refractivity contribution in [2.45, 2.75) is 25.8 Å². The third kappa shape index (κ3) is 4.49. The minimum absolute atomic E-state index is 0.109. The summed E-state index contributed by atoms with van der Waals surface area (Å²) in [7, 11) is 0. The molecule has 0 aliphatic carbocycles. The van der Waals surface area contributed by atoms with E-state index in [1.54, 1.807) is 0 Å². The number of halogens is 2. The van der Waals surface area contributed by atoms with Crippen molar-refractivity contribution in [3.8, 4) is 5.75 Å². The molecule has 2 nitrogen and oxygen atoms in total. The summed E-state index contributed by atoms with van der Waals surface area (Å²) >= 11 is 3.47. The van der Waals surface area contributed by atoms with Crippen molar-refractivity contribution < 1.29 is 9.13 Å². The monoisotopic (exact) mass is 289 g/mol. The first-order chi connectivity index (χ1) is 7.63. The van der Waals surface area contributed by atoms with Gasteiger partial charge in [0.25, 0.3) is 0 Å². The van der Waals surface area contributed by atoms with E-state index in [0.29, 0.717) is 13.0 Å². The van der Waals surface area contributed by atoms with E-state index in [4.69, 9.17) is 10.5 Å². The summed E-state index contributed by atoms with van der Waals surface area (Å²) in [5, 5.41) is 0. The first kappa shape index (κ1) is 13.5. The van der Waals surface area contributed by atoms with Crippen LogP contribution in [0.3, 0.4) is 0 Å². The Morgan fingerprint density at radius 1 is 1.50 bits per heavy atom. The molecule has 1 aromatic rings. The van der Waals surface area contributed by atoms with Crippen LogP contribution < -0.4 is 10.5 Å². The number of hydrogen-bond donors (Lipinski definition) is 1. The molecule has 0 saturated heterocycles. The maximum Gasteiger partial charge on any atom is 0.119 e. The summed E-state index contributed by atoms with van der Waals surface area (Å²) in [6.45, 7) is 2.03. The zero-order chi connectivity index (χ0) is 12.0. The Morgan fingerprint density at radius 2 is 2.25 bits per heavy atom. The van der Waals surface area contributed by atoms with Gasteiger partial charge in [0, 0.05) is 16.9 Å². The van der Waals surface area contributed by atoms with Crippen molar-refractivity contribution >= 4 is 15.9 Å². The standard InChI is InChI=1S/C12H17BrFNO/c1-9(15)7-10-8-11(3-4-12(10)13)16-6-2-5-14/h3-4,8-9H,2,5-7,15H2,1H3. The van der Waals surface area contributed by atoms with Crippen LogP contribution in [0.25, 0.3) is 0 Å². The molecule has 0 amide bonds. The number of benzene rings is 1. The lowest BCUT2D eigenvalue weighted by Gasteiger charge is -2.11. The van der Waals surface area contributed by atoms with Crippen LogP contribution in [0.5, 0.6) is 5.75 Å². The molecule has 4 heteroatoms. The average Bonchev–Trinajstić information content (AvgIpc) is 2.22. The first-order valence-electron chi connectivity index (χ1n) is 5.36. The second-order valence-corrected chi connectivity index (χ2v) is 4.68. The highest BCUT2D eigenvalue weighted by atomic mass is 79.9. The molecule has 0 saturated carbocycles. The molecule has 0 aromatic heterocycles. The molecule has 1 unspecified atom stereocenters. The van der Waals surface area contributed by atoms with Gasteiger partial charge in [-0.05, 0) is 37.1 Å². The van der Waals surface area contributed by atoms with Gasteiger partial charge in [-0.2, -0.15) is 0 Å². The van der Waals surface area contributed by atoms with Gasteiger partial charge in [0.15, 0.2) is 0 Å². The van der Waals surface area contributed by atoms with E-state index in [0.717, 1.165) is 22.2 Å². The zero-order valence-corrected chi connectivity index (χ0v) is 11.0. The van der Waals surface area contributed by atoms with Crippen LogP contribution in [0.4, 0.5) is 4.39 Å². The lowest BCUT2D eigenvalue weighted by molar-refractivity contribution is 0.289. The summed E-state index contributed by atoms with van der Waals surface area (Å²) in [6.07, 6.45) is 1.22. The Labute approximate surface area is 104 Å². The van der Waals surface area contributed by atoms with Crippen molar-refractivity contribution in [2.75, 3.05) is 13.3 Å². The molecule has 0 aliphatic rings. The Balaban J connectivity index is 2.65. The van der Waals surface area contributed by atoms with Crippen LogP contribution in [-0.4, -0.2) is 19.3 Å². The van der Waals surface area contributed by atoms with Crippen molar-refractivity contribution in [1.29, 1.82) is 0 Å². The molecule has 90 valence electrons. The van der Waals surface area contributed by atoms with Crippen molar-refractivity contribution in [2.24, 2.45) is 5.73 Å². The Morgan fingerprint density at radius 3 is 2.88 bits per heavy atom. The van der Waals surface area contributed by atoms with E-state index >= 15 is 0 Å². The van der Waals surface area contributed by atoms with E-state index in [1.807, 2.05) is 25.1 Å².